The minimum Gasteiger partial charge on any atom is -0.477 e. The van der Waals surface area contributed by atoms with E-state index in [9.17, 15) is 9.59 Å². The van der Waals surface area contributed by atoms with Gasteiger partial charge in [0.15, 0.2) is 0 Å². The van der Waals surface area contributed by atoms with Crippen molar-refractivity contribution >= 4 is 35.0 Å². The molecule has 1 aromatic rings. The summed E-state index contributed by atoms with van der Waals surface area (Å²) in [6.45, 7) is 6.48. The molecule has 0 spiro atoms. The molecule has 0 radical (unpaired) electrons. The Morgan fingerprint density at radius 3 is 2.58 bits per heavy atom. The molecule has 0 aliphatic carbocycles. The molecule has 19 heavy (non-hydrogen) atoms. The number of carbonyl (C=O) groups is 2. The Balaban J connectivity index is 2.54. The highest BCUT2D eigenvalue weighted by Crippen LogP contribution is 2.20. The van der Waals surface area contributed by atoms with Crippen LogP contribution in [0, 0.1) is 5.92 Å². The van der Waals surface area contributed by atoms with Gasteiger partial charge in [-0.2, -0.15) is 0 Å². The standard InChI is InChI=1S/C13H19NO3S2/c1-4-18-11(8(2)3)12(15)14-7-9-5-6-10(19-9)13(16)17/h5-6,8,11H,4,7H2,1-3H3,(H,14,15)(H,16,17). The lowest BCUT2D eigenvalue weighted by Crippen LogP contribution is -2.35. The van der Waals surface area contributed by atoms with Crippen molar-refractivity contribution in [1.82, 2.24) is 5.32 Å². The second kappa shape index (κ2) is 7.55. The minimum absolute atomic E-state index is 0.0205. The fraction of sp³-hybridized carbons (Fsp3) is 0.538. The van der Waals surface area contributed by atoms with E-state index in [1.165, 1.54) is 11.3 Å². The number of amides is 1. The first-order valence-corrected chi connectivity index (χ1v) is 8.03. The maximum Gasteiger partial charge on any atom is 0.345 e. The largest absolute Gasteiger partial charge is 0.477 e. The van der Waals surface area contributed by atoms with Crippen molar-refractivity contribution in [2.45, 2.75) is 32.6 Å². The van der Waals surface area contributed by atoms with E-state index in [4.69, 9.17) is 5.11 Å². The predicted octanol–water partition coefficient (Wildman–Crippen LogP) is 2.84. The number of rotatable bonds is 7. The van der Waals surface area contributed by atoms with E-state index in [1.54, 1.807) is 23.9 Å². The molecule has 0 bridgehead atoms. The predicted molar refractivity (Wildman–Crippen MR) is 79.9 cm³/mol. The van der Waals surface area contributed by atoms with Gasteiger partial charge < -0.3 is 10.4 Å². The zero-order chi connectivity index (χ0) is 14.4. The maximum absolute atomic E-state index is 12.0. The summed E-state index contributed by atoms with van der Waals surface area (Å²) in [6, 6.07) is 3.31. The normalized spacial score (nSPS) is 12.4. The van der Waals surface area contributed by atoms with Crippen LogP contribution in [-0.4, -0.2) is 28.0 Å². The molecule has 1 atom stereocenters. The van der Waals surface area contributed by atoms with Crippen LogP contribution in [0.5, 0.6) is 0 Å². The average Bonchev–Trinajstić information content (AvgIpc) is 2.81. The zero-order valence-electron chi connectivity index (χ0n) is 11.3. The van der Waals surface area contributed by atoms with E-state index in [0.717, 1.165) is 10.6 Å². The summed E-state index contributed by atoms with van der Waals surface area (Å²) in [5, 5.41) is 11.6. The van der Waals surface area contributed by atoms with Gasteiger partial charge in [0.1, 0.15) is 4.88 Å². The molecule has 0 aliphatic rings. The molecule has 2 N–H and O–H groups in total. The first-order valence-electron chi connectivity index (χ1n) is 6.17. The fourth-order valence-electron chi connectivity index (χ4n) is 1.61. The molecule has 0 aliphatic heterocycles. The van der Waals surface area contributed by atoms with Crippen LogP contribution in [0.25, 0.3) is 0 Å². The Bertz CT molecular complexity index is 443. The number of hydrogen-bond donors (Lipinski definition) is 2. The van der Waals surface area contributed by atoms with E-state index in [-0.39, 0.29) is 17.1 Å². The van der Waals surface area contributed by atoms with Crippen LogP contribution in [0.1, 0.15) is 35.3 Å². The lowest BCUT2D eigenvalue weighted by Gasteiger charge is -2.18. The molecular weight excluding hydrogens is 282 g/mol. The molecule has 1 heterocycles. The minimum atomic E-state index is -0.927. The van der Waals surface area contributed by atoms with Gasteiger partial charge in [-0.1, -0.05) is 20.8 Å². The summed E-state index contributed by atoms with van der Waals surface area (Å²) in [5.74, 6) is 0.275. The highest BCUT2D eigenvalue weighted by Gasteiger charge is 2.21. The van der Waals surface area contributed by atoms with Crippen molar-refractivity contribution in [3.8, 4) is 0 Å². The lowest BCUT2D eigenvalue weighted by atomic mass is 10.1. The number of carbonyl (C=O) groups excluding carboxylic acids is 1. The number of aromatic carboxylic acids is 1. The Morgan fingerprint density at radius 1 is 1.42 bits per heavy atom. The summed E-state index contributed by atoms with van der Waals surface area (Å²) in [6.07, 6.45) is 0. The van der Waals surface area contributed by atoms with Crippen LogP contribution in [0.2, 0.25) is 0 Å². The molecule has 0 fully saturated rings. The van der Waals surface area contributed by atoms with Gasteiger partial charge in [-0.3, -0.25) is 4.79 Å². The first-order chi connectivity index (χ1) is 8.95. The van der Waals surface area contributed by atoms with E-state index >= 15 is 0 Å². The molecule has 1 aromatic heterocycles. The van der Waals surface area contributed by atoms with Crippen LogP contribution in [0.3, 0.4) is 0 Å². The van der Waals surface area contributed by atoms with Crippen molar-refractivity contribution < 1.29 is 14.7 Å². The molecule has 4 nitrogen and oxygen atoms in total. The van der Waals surface area contributed by atoms with Gasteiger partial charge in [-0.25, -0.2) is 4.79 Å². The van der Waals surface area contributed by atoms with Gasteiger partial charge in [0.05, 0.1) is 11.8 Å². The third-order valence-electron chi connectivity index (χ3n) is 2.52. The summed E-state index contributed by atoms with van der Waals surface area (Å²) in [4.78, 5) is 24.0. The number of thioether (sulfide) groups is 1. The van der Waals surface area contributed by atoms with Crippen LogP contribution in [0.4, 0.5) is 0 Å². The second-order valence-corrected chi connectivity index (χ2v) is 7.00. The van der Waals surface area contributed by atoms with E-state index in [0.29, 0.717) is 11.4 Å². The molecule has 1 amide bonds. The Kier molecular flexibility index (Phi) is 6.37. The van der Waals surface area contributed by atoms with Crippen molar-refractivity contribution in [3.63, 3.8) is 0 Å². The number of nitrogens with one attached hydrogen (secondary N) is 1. The Morgan fingerprint density at radius 2 is 2.11 bits per heavy atom. The summed E-state index contributed by atoms with van der Waals surface area (Å²) in [5.41, 5.74) is 0. The number of thiophene rings is 1. The summed E-state index contributed by atoms with van der Waals surface area (Å²) < 4.78 is 0. The molecule has 0 saturated heterocycles. The van der Waals surface area contributed by atoms with Crippen molar-refractivity contribution in [3.05, 3.63) is 21.9 Å². The van der Waals surface area contributed by atoms with Crippen LogP contribution in [0.15, 0.2) is 12.1 Å². The number of carboxylic acids is 1. The highest BCUT2D eigenvalue weighted by molar-refractivity contribution is 8.00. The molecular formula is C13H19NO3S2. The number of hydrogen-bond acceptors (Lipinski definition) is 4. The van der Waals surface area contributed by atoms with Gasteiger partial charge >= 0.3 is 5.97 Å². The quantitative estimate of drug-likeness (QED) is 0.812. The van der Waals surface area contributed by atoms with Gasteiger partial charge in [0.2, 0.25) is 5.91 Å². The van der Waals surface area contributed by atoms with Gasteiger partial charge in [-0.05, 0) is 23.8 Å². The maximum atomic E-state index is 12.0. The van der Waals surface area contributed by atoms with Gasteiger partial charge in [0.25, 0.3) is 0 Å². The van der Waals surface area contributed by atoms with E-state index in [2.05, 4.69) is 5.32 Å². The zero-order valence-corrected chi connectivity index (χ0v) is 12.9. The van der Waals surface area contributed by atoms with Gasteiger partial charge in [0, 0.05) is 4.88 Å². The third kappa shape index (κ3) is 4.87. The SMILES string of the molecule is CCSC(C(=O)NCc1ccc(C(=O)O)s1)C(C)C. The Hall–Kier alpha value is -1.01. The van der Waals surface area contributed by atoms with Crippen LogP contribution >= 0.6 is 23.1 Å². The third-order valence-corrected chi connectivity index (χ3v) is 5.04. The summed E-state index contributed by atoms with van der Waals surface area (Å²) in [7, 11) is 0. The summed E-state index contributed by atoms with van der Waals surface area (Å²) >= 11 is 2.83. The van der Waals surface area contributed by atoms with Crippen molar-refractivity contribution in [2.24, 2.45) is 5.92 Å². The fourth-order valence-corrected chi connectivity index (χ4v) is 3.38. The highest BCUT2D eigenvalue weighted by atomic mass is 32.2. The van der Waals surface area contributed by atoms with E-state index < -0.39 is 5.97 Å². The van der Waals surface area contributed by atoms with Crippen LogP contribution < -0.4 is 5.32 Å². The smallest absolute Gasteiger partial charge is 0.345 e. The van der Waals surface area contributed by atoms with E-state index in [1.807, 2.05) is 20.8 Å². The lowest BCUT2D eigenvalue weighted by molar-refractivity contribution is -0.121. The number of carboxylic acid groups (broad SMARTS) is 1. The molecule has 1 rings (SSSR count). The topological polar surface area (TPSA) is 66.4 Å². The van der Waals surface area contributed by atoms with Crippen LogP contribution in [-0.2, 0) is 11.3 Å². The first kappa shape index (κ1) is 16.0. The van der Waals surface area contributed by atoms with Crippen molar-refractivity contribution in [1.29, 1.82) is 0 Å². The molecule has 0 saturated carbocycles. The molecule has 1 unspecified atom stereocenters. The molecule has 106 valence electrons. The van der Waals surface area contributed by atoms with Gasteiger partial charge in [-0.15, -0.1) is 23.1 Å². The second-order valence-electron chi connectivity index (χ2n) is 4.41. The molecule has 0 aromatic carbocycles. The molecule has 6 heteroatoms. The monoisotopic (exact) mass is 301 g/mol. The Labute approximate surface area is 121 Å². The average molecular weight is 301 g/mol. The van der Waals surface area contributed by atoms with Crippen molar-refractivity contribution in [2.75, 3.05) is 5.75 Å².